The Balaban J connectivity index is 2.76. The van der Waals surface area contributed by atoms with Gasteiger partial charge in [0.15, 0.2) is 0 Å². The van der Waals surface area contributed by atoms with Gasteiger partial charge < -0.3 is 4.74 Å². The van der Waals surface area contributed by atoms with E-state index in [1.165, 1.54) is 0 Å². The summed E-state index contributed by atoms with van der Waals surface area (Å²) >= 11 is 11.2. The van der Waals surface area contributed by atoms with Crippen molar-refractivity contribution in [2.45, 2.75) is 12.0 Å². The first-order valence-corrected chi connectivity index (χ1v) is 4.23. The van der Waals surface area contributed by atoms with E-state index in [1.807, 2.05) is 0 Å². The van der Waals surface area contributed by atoms with Gasteiger partial charge in [0.25, 0.3) is 0 Å². The molecule has 11 heavy (non-hydrogen) atoms. The molecule has 0 aromatic rings. The predicted octanol–water partition coefficient (Wildman–Crippen LogP) is 1.71. The van der Waals surface area contributed by atoms with Gasteiger partial charge in [-0.3, -0.25) is 0 Å². The molecule has 1 rings (SSSR count). The van der Waals surface area contributed by atoms with E-state index >= 15 is 0 Å². The summed E-state index contributed by atoms with van der Waals surface area (Å²) in [6.45, 7) is 3.53. The topological polar surface area (TPSA) is 26.3 Å². The fourth-order valence-corrected chi connectivity index (χ4v) is 1.53. The van der Waals surface area contributed by atoms with Crippen LogP contribution >= 0.6 is 23.2 Å². The molecule has 0 amide bonds. The van der Waals surface area contributed by atoms with Gasteiger partial charge >= 0.3 is 5.97 Å². The average molecular weight is 195 g/mol. The third-order valence-corrected chi connectivity index (χ3v) is 2.59. The lowest BCUT2D eigenvalue weighted by Gasteiger charge is -2.20. The fourth-order valence-electron chi connectivity index (χ4n) is 0.951. The molecule has 0 spiro atoms. The second kappa shape index (κ2) is 3.03. The molecule has 62 valence electrons. The molecule has 0 aromatic carbocycles. The van der Waals surface area contributed by atoms with E-state index in [1.54, 1.807) is 0 Å². The summed E-state index contributed by atoms with van der Waals surface area (Å²) < 4.78 is 4.96. The van der Waals surface area contributed by atoms with E-state index in [2.05, 4.69) is 6.58 Å². The zero-order valence-corrected chi connectivity index (χ0v) is 7.41. The second-order valence-electron chi connectivity index (χ2n) is 2.62. The van der Waals surface area contributed by atoms with Crippen molar-refractivity contribution >= 4 is 29.2 Å². The van der Waals surface area contributed by atoms with Gasteiger partial charge in [0.05, 0.1) is 11.8 Å². The minimum atomic E-state index is -0.697. The molecule has 0 bridgehead atoms. The quantitative estimate of drug-likeness (QED) is 0.380. The summed E-state index contributed by atoms with van der Waals surface area (Å²) in [5.74, 6) is 0.0639. The number of cyclic esters (lactones) is 1. The molecule has 1 fully saturated rings. The van der Waals surface area contributed by atoms with Crippen LogP contribution in [0.5, 0.6) is 0 Å². The Labute approximate surface area is 75.1 Å². The Morgan fingerprint density at radius 2 is 2.09 bits per heavy atom. The van der Waals surface area contributed by atoms with Gasteiger partial charge in [-0.2, -0.15) is 0 Å². The normalized spacial score (nSPS) is 22.0. The summed E-state index contributed by atoms with van der Waals surface area (Å²) in [6.07, 6.45) is 0.443. The van der Waals surface area contributed by atoms with Crippen LogP contribution in [0, 0.1) is 0 Å². The van der Waals surface area contributed by atoms with E-state index in [0.29, 0.717) is 12.0 Å². The highest BCUT2D eigenvalue weighted by Crippen LogP contribution is 2.31. The first-order chi connectivity index (χ1) is 5.13. The van der Waals surface area contributed by atoms with Gasteiger partial charge in [0, 0.05) is 12.0 Å². The number of carbonyl (C=O) groups is 1. The van der Waals surface area contributed by atoms with Crippen molar-refractivity contribution in [2.75, 3.05) is 11.8 Å². The van der Waals surface area contributed by atoms with Crippen LogP contribution < -0.4 is 0 Å². The number of esters is 1. The monoisotopic (exact) mass is 194 g/mol. The molecule has 4 heteroatoms. The first kappa shape index (κ1) is 8.88. The van der Waals surface area contributed by atoms with Gasteiger partial charge in [-0.15, -0.1) is 23.2 Å². The molecule has 1 aliphatic heterocycles. The number of halogens is 2. The third kappa shape index (κ3) is 1.52. The second-order valence-corrected chi connectivity index (χ2v) is 3.15. The highest BCUT2D eigenvalue weighted by Gasteiger charge is 2.41. The average Bonchev–Trinajstić information content (AvgIpc) is 2.29. The molecule has 1 aliphatic rings. The maximum atomic E-state index is 10.9. The van der Waals surface area contributed by atoms with Crippen LogP contribution in [-0.2, 0) is 9.53 Å². The lowest BCUT2D eigenvalue weighted by Crippen LogP contribution is -2.32. The van der Waals surface area contributed by atoms with Crippen molar-refractivity contribution in [3.63, 3.8) is 0 Å². The van der Waals surface area contributed by atoms with E-state index in [4.69, 9.17) is 27.9 Å². The van der Waals surface area contributed by atoms with Gasteiger partial charge in [0.2, 0.25) is 0 Å². The molecule has 2 nitrogen and oxygen atoms in total. The maximum absolute atomic E-state index is 10.9. The van der Waals surface area contributed by atoms with Crippen LogP contribution in [0.25, 0.3) is 0 Å². The van der Waals surface area contributed by atoms with Gasteiger partial charge in [-0.25, -0.2) is 4.79 Å². The van der Waals surface area contributed by atoms with Gasteiger partial charge in [-0.1, -0.05) is 6.58 Å². The Kier molecular flexibility index (Phi) is 2.45. The van der Waals surface area contributed by atoms with E-state index in [0.717, 1.165) is 0 Å². The van der Waals surface area contributed by atoms with Gasteiger partial charge in [0.1, 0.15) is 5.60 Å². The van der Waals surface area contributed by atoms with Crippen molar-refractivity contribution in [2.24, 2.45) is 0 Å². The van der Waals surface area contributed by atoms with Crippen LogP contribution in [0.3, 0.4) is 0 Å². The Hall–Kier alpha value is -0.210. The maximum Gasteiger partial charge on any atom is 0.334 e. The van der Waals surface area contributed by atoms with E-state index < -0.39 is 5.60 Å². The summed E-state index contributed by atoms with van der Waals surface area (Å²) in [7, 11) is 0. The van der Waals surface area contributed by atoms with Crippen LogP contribution in [0.1, 0.15) is 6.42 Å². The molecule has 1 heterocycles. The van der Waals surface area contributed by atoms with Crippen LogP contribution in [-0.4, -0.2) is 23.3 Å². The molecule has 0 saturated carbocycles. The third-order valence-electron chi connectivity index (χ3n) is 1.62. The number of carbonyl (C=O) groups excluding carboxylic acids is 1. The number of hydrogen-bond donors (Lipinski definition) is 0. The summed E-state index contributed by atoms with van der Waals surface area (Å²) in [5, 5.41) is 0. The van der Waals surface area contributed by atoms with Crippen molar-refractivity contribution in [1.82, 2.24) is 0 Å². The Morgan fingerprint density at radius 3 is 2.27 bits per heavy atom. The Bertz CT molecular complexity index is 179. The summed E-state index contributed by atoms with van der Waals surface area (Å²) in [5.41, 5.74) is -0.247. The lowest BCUT2D eigenvalue weighted by atomic mass is 10.0. The molecule has 0 unspecified atom stereocenters. The van der Waals surface area contributed by atoms with Crippen LogP contribution in [0.15, 0.2) is 12.2 Å². The van der Waals surface area contributed by atoms with E-state index in [-0.39, 0.29) is 17.7 Å². The van der Waals surface area contributed by atoms with Crippen molar-refractivity contribution in [1.29, 1.82) is 0 Å². The minimum absolute atomic E-state index is 0.223. The molecule has 0 aromatic heterocycles. The predicted molar refractivity (Wildman–Crippen MR) is 44.0 cm³/mol. The highest BCUT2D eigenvalue weighted by atomic mass is 35.5. The minimum Gasteiger partial charge on any atom is -0.453 e. The number of hydrogen-bond acceptors (Lipinski definition) is 2. The zero-order valence-electron chi connectivity index (χ0n) is 5.90. The van der Waals surface area contributed by atoms with Crippen molar-refractivity contribution < 1.29 is 9.53 Å². The SMILES string of the molecule is C=C1CC(CCl)(CCl)OC1=O. The number of ether oxygens (including phenoxy) is 1. The molecule has 1 saturated heterocycles. The number of rotatable bonds is 2. The van der Waals surface area contributed by atoms with E-state index in [9.17, 15) is 4.79 Å². The van der Waals surface area contributed by atoms with Gasteiger partial charge in [-0.05, 0) is 0 Å². The zero-order chi connectivity index (χ0) is 8.48. The smallest absolute Gasteiger partial charge is 0.334 e. The Morgan fingerprint density at radius 1 is 1.55 bits per heavy atom. The van der Waals surface area contributed by atoms with Crippen molar-refractivity contribution in [3.8, 4) is 0 Å². The summed E-state index contributed by atoms with van der Waals surface area (Å²) in [6, 6.07) is 0. The molecule has 0 radical (unpaired) electrons. The molecule has 0 aliphatic carbocycles. The highest BCUT2D eigenvalue weighted by molar-refractivity contribution is 6.22. The van der Waals surface area contributed by atoms with Crippen molar-refractivity contribution in [3.05, 3.63) is 12.2 Å². The fraction of sp³-hybridized carbons (Fsp3) is 0.571. The number of alkyl halides is 2. The van der Waals surface area contributed by atoms with Crippen LogP contribution in [0.2, 0.25) is 0 Å². The molecule has 0 N–H and O–H groups in total. The molecular formula is C7H8Cl2O2. The largest absolute Gasteiger partial charge is 0.453 e. The molecule has 0 atom stereocenters. The lowest BCUT2D eigenvalue weighted by molar-refractivity contribution is -0.143. The standard InChI is InChI=1S/C7H8Cl2O2/c1-5-2-7(3-8,4-9)11-6(5)10/h1-4H2. The van der Waals surface area contributed by atoms with Crippen LogP contribution in [0.4, 0.5) is 0 Å². The summed E-state index contributed by atoms with van der Waals surface area (Å²) in [4.78, 5) is 10.9. The molecular weight excluding hydrogens is 187 g/mol. The first-order valence-electron chi connectivity index (χ1n) is 3.16.